The van der Waals surface area contributed by atoms with Gasteiger partial charge in [-0.05, 0) is 161 Å². The Morgan fingerprint density at radius 2 is 0.892 bits per heavy atom. The van der Waals surface area contributed by atoms with Crippen LogP contribution in [0.15, 0.2) is 194 Å². The zero-order chi connectivity index (χ0) is 51.2. The summed E-state index contributed by atoms with van der Waals surface area (Å²) in [6, 6.07) is 56.0. The summed E-state index contributed by atoms with van der Waals surface area (Å²) in [7, 11) is 0. The average molecular weight is 981 g/mol. The Balaban J connectivity index is 1.08. The Morgan fingerprint density at radius 1 is 0.446 bits per heavy atom. The predicted molar refractivity (Wildman–Crippen MR) is 294 cm³/mol. The highest BCUT2D eigenvalue weighted by atomic mass is 16.5. The molecule has 0 bridgehead atoms. The second kappa shape index (κ2) is 24.1. The molecule has 0 fully saturated rings. The number of phenols is 4. The van der Waals surface area contributed by atoms with E-state index in [1.54, 1.807) is 48.5 Å². The van der Waals surface area contributed by atoms with E-state index >= 15 is 0 Å². The number of aryl methyl sites for hydroxylation is 2. The molecule has 8 aromatic carbocycles. The van der Waals surface area contributed by atoms with E-state index in [0.717, 1.165) is 89.8 Å². The summed E-state index contributed by atoms with van der Waals surface area (Å²) in [5, 5.41) is 39.4. The molecule has 0 aliphatic heterocycles. The molecule has 0 saturated heterocycles. The standard InChI is InChI=1S/C66H60O8/c1-45-41-46(2)66(74-40-36-50-13-26-59(70)27-14-50)63(42-45)65(55-6-4-3-5-53(43-55)51-15-28-60(29-16-51)71-37-33-47-7-20-56(67)21-8-47)62-44-54(19-32-64(62)73-39-35-49-11-24-58(69)25-12-49)52-17-30-61(31-18-52)72-38-34-48-9-22-57(68)23-10-48/h3,5,7-32,41-44,55,65,67-70H,33-40H2,1-2H3. The van der Waals surface area contributed by atoms with Gasteiger partial charge in [-0.3, -0.25) is 0 Å². The Bertz CT molecular complexity index is 3250. The van der Waals surface area contributed by atoms with Gasteiger partial charge in [0.25, 0.3) is 0 Å². The van der Waals surface area contributed by atoms with Gasteiger partial charge in [-0.1, -0.05) is 114 Å². The summed E-state index contributed by atoms with van der Waals surface area (Å²) >= 11 is 0. The number of phenolic OH excluding ortho intramolecular Hbond substituents is 4. The van der Waals surface area contributed by atoms with E-state index < -0.39 is 0 Å². The van der Waals surface area contributed by atoms with E-state index in [2.05, 4.69) is 92.4 Å². The molecule has 8 aromatic rings. The van der Waals surface area contributed by atoms with Crippen LogP contribution >= 0.6 is 0 Å². The third-order valence-corrected chi connectivity index (χ3v) is 13.2. The van der Waals surface area contributed by atoms with Crippen LogP contribution in [0.3, 0.4) is 0 Å². The number of ether oxygens (including phenoxy) is 4. The van der Waals surface area contributed by atoms with E-state index in [0.29, 0.717) is 52.1 Å². The molecule has 4 N–H and O–H groups in total. The Morgan fingerprint density at radius 3 is 1.39 bits per heavy atom. The maximum atomic E-state index is 10.00. The molecule has 0 saturated carbocycles. The lowest BCUT2D eigenvalue weighted by atomic mass is 9.77. The van der Waals surface area contributed by atoms with Crippen molar-refractivity contribution in [1.29, 1.82) is 0 Å². The number of aromatic hydroxyl groups is 4. The minimum absolute atomic E-state index is 0.219. The fraction of sp³-hybridized carbons (Fsp3) is 0.182. The molecule has 74 heavy (non-hydrogen) atoms. The Labute approximate surface area is 434 Å². The average Bonchev–Trinajstić information content (AvgIpc) is 3.67. The van der Waals surface area contributed by atoms with Gasteiger partial charge in [0.2, 0.25) is 0 Å². The molecular formula is C66H60O8. The fourth-order valence-corrected chi connectivity index (χ4v) is 9.27. The predicted octanol–water partition coefficient (Wildman–Crippen LogP) is 13.7. The van der Waals surface area contributed by atoms with E-state index in [9.17, 15) is 20.4 Å². The van der Waals surface area contributed by atoms with Gasteiger partial charge in [-0.15, -0.1) is 0 Å². The van der Waals surface area contributed by atoms with Crippen molar-refractivity contribution in [2.45, 2.75) is 45.4 Å². The third-order valence-electron chi connectivity index (χ3n) is 13.2. The number of hydrogen-bond donors (Lipinski definition) is 4. The summed E-state index contributed by atoms with van der Waals surface area (Å²) in [6.45, 7) is 6.01. The summed E-state index contributed by atoms with van der Waals surface area (Å²) in [6.07, 6.45) is 8.94. The van der Waals surface area contributed by atoms with Crippen LogP contribution in [0.4, 0.5) is 0 Å². The molecule has 372 valence electrons. The van der Waals surface area contributed by atoms with Gasteiger partial charge >= 0.3 is 0 Å². The highest BCUT2D eigenvalue weighted by Crippen LogP contribution is 2.46. The molecule has 8 nitrogen and oxygen atoms in total. The first kappa shape index (κ1) is 50.2. The van der Waals surface area contributed by atoms with Crippen molar-refractivity contribution < 1.29 is 39.4 Å². The minimum atomic E-state index is -0.381. The molecule has 0 radical (unpaired) electrons. The van der Waals surface area contributed by atoms with E-state index in [4.69, 9.17) is 18.9 Å². The quantitative estimate of drug-likeness (QED) is 0.0526. The topological polar surface area (TPSA) is 118 Å². The van der Waals surface area contributed by atoms with Crippen LogP contribution in [0.2, 0.25) is 0 Å². The van der Waals surface area contributed by atoms with Crippen molar-refractivity contribution in [3.63, 3.8) is 0 Å². The molecular weight excluding hydrogens is 921 g/mol. The van der Waals surface area contributed by atoms with Crippen LogP contribution in [0.25, 0.3) is 16.7 Å². The van der Waals surface area contributed by atoms with Crippen LogP contribution in [-0.4, -0.2) is 46.9 Å². The molecule has 8 heteroatoms. The smallest absolute Gasteiger partial charge is 0.126 e. The van der Waals surface area contributed by atoms with Crippen molar-refractivity contribution in [2.75, 3.05) is 26.4 Å². The molecule has 0 heterocycles. The van der Waals surface area contributed by atoms with Gasteiger partial charge in [0, 0.05) is 42.7 Å². The molecule has 1 aliphatic carbocycles. The molecule has 9 rings (SSSR count). The van der Waals surface area contributed by atoms with Gasteiger partial charge in [-0.25, -0.2) is 0 Å². The maximum absolute atomic E-state index is 10.00. The van der Waals surface area contributed by atoms with E-state index in [-0.39, 0.29) is 34.8 Å². The van der Waals surface area contributed by atoms with Gasteiger partial charge in [0.15, 0.2) is 0 Å². The summed E-state index contributed by atoms with van der Waals surface area (Å²) in [4.78, 5) is 0. The minimum Gasteiger partial charge on any atom is -0.508 e. The van der Waals surface area contributed by atoms with Crippen LogP contribution in [0, 0.1) is 31.6 Å². The lowest BCUT2D eigenvalue weighted by molar-refractivity contribution is 0.309. The Kier molecular flexibility index (Phi) is 16.3. The zero-order valence-electron chi connectivity index (χ0n) is 41.7. The van der Waals surface area contributed by atoms with Gasteiger partial charge in [0.05, 0.1) is 32.3 Å². The maximum Gasteiger partial charge on any atom is 0.126 e. The van der Waals surface area contributed by atoms with Crippen molar-refractivity contribution >= 4 is 5.57 Å². The molecule has 2 atom stereocenters. The van der Waals surface area contributed by atoms with Gasteiger partial charge in [0.1, 0.15) is 46.0 Å². The largest absolute Gasteiger partial charge is 0.508 e. The van der Waals surface area contributed by atoms with Gasteiger partial charge < -0.3 is 39.4 Å². The monoisotopic (exact) mass is 980 g/mol. The summed E-state index contributed by atoms with van der Waals surface area (Å²) in [5.74, 6) is 10.3. The first-order valence-electron chi connectivity index (χ1n) is 25.1. The molecule has 1 aliphatic rings. The van der Waals surface area contributed by atoms with Crippen molar-refractivity contribution in [3.05, 3.63) is 244 Å². The Hall–Kier alpha value is -8.80. The molecule has 0 amide bonds. The SMILES string of the molecule is Cc1cc(C)c(OCCc2ccc(O)cc2)c(C(c2cc(-c3ccc(OCCc4ccc(O)cc4)cc3)ccc2OCCc2ccc(O)cc2)C2C#CC=CC(c3ccc(OCCc4ccc(O)cc4)cc3)=C2)c1. The molecule has 0 aromatic heterocycles. The van der Waals surface area contributed by atoms with Crippen LogP contribution in [-0.2, 0) is 25.7 Å². The number of allylic oxidation sites excluding steroid dienone is 4. The van der Waals surface area contributed by atoms with Crippen LogP contribution < -0.4 is 18.9 Å². The lowest BCUT2D eigenvalue weighted by Crippen LogP contribution is -2.17. The summed E-state index contributed by atoms with van der Waals surface area (Å²) in [5.41, 5.74) is 12.3. The highest BCUT2D eigenvalue weighted by Gasteiger charge is 2.31. The van der Waals surface area contributed by atoms with E-state index in [1.165, 1.54) is 0 Å². The third kappa shape index (κ3) is 13.4. The van der Waals surface area contributed by atoms with E-state index in [1.807, 2.05) is 78.9 Å². The highest BCUT2D eigenvalue weighted by molar-refractivity contribution is 5.77. The molecule has 2 unspecified atom stereocenters. The van der Waals surface area contributed by atoms with Crippen molar-refractivity contribution in [2.24, 2.45) is 5.92 Å². The lowest BCUT2D eigenvalue weighted by Gasteiger charge is -2.29. The normalized spacial score (nSPS) is 13.2. The van der Waals surface area contributed by atoms with Crippen molar-refractivity contribution in [3.8, 4) is 69.0 Å². The number of benzene rings is 8. The number of hydrogen-bond acceptors (Lipinski definition) is 8. The van der Waals surface area contributed by atoms with Crippen molar-refractivity contribution in [1.82, 2.24) is 0 Å². The second-order valence-corrected chi connectivity index (χ2v) is 18.6. The number of rotatable bonds is 21. The van der Waals surface area contributed by atoms with Gasteiger partial charge in [-0.2, -0.15) is 0 Å². The molecule has 0 spiro atoms. The first-order chi connectivity index (χ1) is 36.1. The zero-order valence-corrected chi connectivity index (χ0v) is 41.7. The summed E-state index contributed by atoms with van der Waals surface area (Å²) < 4.78 is 26.1. The first-order valence-corrected chi connectivity index (χ1v) is 25.1. The van der Waals surface area contributed by atoms with Crippen LogP contribution in [0.5, 0.6) is 46.0 Å². The second-order valence-electron chi connectivity index (χ2n) is 18.6. The van der Waals surface area contributed by atoms with Crippen LogP contribution in [0.1, 0.15) is 56.0 Å². The fourth-order valence-electron chi connectivity index (χ4n) is 9.27.